The fourth-order valence-electron chi connectivity index (χ4n) is 2.19. The van der Waals surface area contributed by atoms with E-state index in [0.717, 1.165) is 12.8 Å². The summed E-state index contributed by atoms with van der Waals surface area (Å²) in [5.41, 5.74) is 0.702. The Hall–Kier alpha value is -2.12. The van der Waals surface area contributed by atoms with E-state index in [0.29, 0.717) is 17.1 Å². The number of hydrogen-bond acceptors (Lipinski definition) is 5. The Morgan fingerprint density at radius 2 is 1.96 bits per heavy atom. The summed E-state index contributed by atoms with van der Waals surface area (Å²) in [7, 11) is 0. The number of halogens is 3. The van der Waals surface area contributed by atoms with Gasteiger partial charge in [0.15, 0.2) is 6.61 Å². The van der Waals surface area contributed by atoms with Crippen LogP contribution in [0.1, 0.15) is 51.0 Å². The smallest absolute Gasteiger partial charge is 0.422 e. The fraction of sp³-hybridized carbons (Fsp3) is 0.562. The normalized spacial score (nSPS) is 15.6. The van der Waals surface area contributed by atoms with E-state index in [1.807, 2.05) is 20.8 Å². The van der Waals surface area contributed by atoms with Gasteiger partial charge < -0.3 is 9.26 Å². The molecule has 5 nitrogen and oxygen atoms in total. The van der Waals surface area contributed by atoms with E-state index in [2.05, 4.69) is 15.1 Å². The van der Waals surface area contributed by atoms with Crippen LogP contribution in [-0.2, 0) is 5.41 Å². The zero-order valence-electron chi connectivity index (χ0n) is 13.6. The van der Waals surface area contributed by atoms with Crippen molar-refractivity contribution in [2.75, 3.05) is 6.61 Å². The number of nitrogens with zero attached hydrogens (tertiary/aromatic N) is 3. The van der Waals surface area contributed by atoms with Crippen molar-refractivity contribution < 1.29 is 22.4 Å². The molecule has 0 N–H and O–H groups in total. The van der Waals surface area contributed by atoms with Crippen molar-refractivity contribution in [3.63, 3.8) is 0 Å². The minimum absolute atomic E-state index is 0.182. The van der Waals surface area contributed by atoms with Crippen LogP contribution in [0.15, 0.2) is 16.8 Å². The first-order chi connectivity index (χ1) is 11.1. The highest BCUT2D eigenvalue weighted by Gasteiger charge is 2.32. The summed E-state index contributed by atoms with van der Waals surface area (Å²) >= 11 is 0. The third kappa shape index (κ3) is 3.85. The first-order valence-corrected chi connectivity index (χ1v) is 7.67. The lowest BCUT2D eigenvalue weighted by molar-refractivity contribution is -0.153. The second-order valence-electron chi connectivity index (χ2n) is 6.96. The molecule has 0 saturated heterocycles. The maximum absolute atomic E-state index is 12.5. The molecule has 0 atom stereocenters. The number of aromatic nitrogens is 3. The Kier molecular flexibility index (Phi) is 4.01. The standard InChI is InChI=1S/C16H18F3N3O2/c1-15(2,3)14-21-13(22-24-14)11-6-12(23-8-16(17,18)19)10(7-20-11)9-4-5-9/h6-7,9H,4-5,8H2,1-3H3. The van der Waals surface area contributed by atoms with Gasteiger partial charge in [-0.1, -0.05) is 25.9 Å². The van der Waals surface area contributed by atoms with Gasteiger partial charge in [-0.25, -0.2) is 0 Å². The van der Waals surface area contributed by atoms with Gasteiger partial charge in [-0.05, 0) is 18.8 Å². The van der Waals surface area contributed by atoms with Crippen LogP contribution in [0.25, 0.3) is 11.5 Å². The van der Waals surface area contributed by atoms with Gasteiger partial charge in [0.25, 0.3) is 0 Å². The number of ether oxygens (including phenoxy) is 1. The Morgan fingerprint density at radius 1 is 1.25 bits per heavy atom. The highest BCUT2D eigenvalue weighted by molar-refractivity contribution is 5.54. The van der Waals surface area contributed by atoms with Crippen LogP contribution in [-0.4, -0.2) is 27.9 Å². The molecule has 1 fully saturated rings. The van der Waals surface area contributed by atoms with Crippen molar-refractivity contribution in [2.24, 2.45) is 0 Å². The number of alkyl halides is 3. The molecule has 2 aromatic rings. The van der Waals surface area contributed by atoms with Gasteiger partial charge in [0.2, 0.25) is 11.7 Å². The Balaban J connectivity index is 1.90. The molecule has 0 unspecified atom stereocenters. The molecular weight excluding hydrogens is 323 g/mol. The van der Waals surface area contributed by atoms with Crippen molar-refractivity contribution in [3.8, 4) is 17.3 Å². The highest BCUT2D eigenvalue weighted by Crippen LogP contribution is 2.45. The van der Waals surface area contributed by atoms with Crippen molar-refractivity contribution >= 4 is 0 Å². The molecule has 24 heavy (non-hydrogen) atoms. The van der Waals surface area contributed by atoms with Gasteiger partial charge in [0.1, 0.15) is 11.4 Å². The number of pyridine rings is 1. The average molecular weight is 341 g/mol. The van der Waals surface area contributed by atoms with E-state index >= 15 is 0 Å². The van der Waals surface area contributed by atoms with E-state index in [1.165, 1.54) is 6.07 Å². The molecule has 2 aromatic heterocycles. The molecule has 0 radical (unpaired) electrons. The Morgan fingerprint density at radius 3 is 2.50 bits per heavy atom. The van der Waals surface area contributed by atoms with Crippen LogP contribution in [0, 0.1) is 0 Å². The summed E-state index contributed by atoms with van der Waals surface area (Å²) in [6.45, 7) is 4.43. The van der Waals surface area contributed by atoms with E-state index in [9.17, 15) is 13.2 Å². The lowest BCUT2D eigenvalue weighted by Gasteiger charge is -2.13. The van der Waals surface area contributed by atoms with Crippen molar-refractivity contribution in [3.05, 3.63) is 23.7 Å². The van der Waals surface area contributed by atoms with Gasteiger partial charge in [0.05, 0.1) is 0 Å². The predicted octanol–water partition coefficient (Wildman–Crippen LogP) is 4.25. The van der Waals surface area contributed by atoms with E-state index in [1.54, 1.807) is 6.20 Å². The molecule has 0 amide bonds. The SMILES string of the molecule is CC(C)(C)c1nc(-c2cc(OCC(F)(F)F)c(C3CC3)cn2)no1. The van der Waals surface area contributed by atoms with E-state index in [-0.39, 0.29) is 22.9 Å². The summed E-state index contributed by atoms with van der Waals surface area (Å²) in [6, 6.07) is 1.46. The molecule has 0 aromatic carbocycles. The molecule has 3 rings (SSSR count). The predicted molar refractivity (Wildman–Crippen MR) is 79.8 cm³/mol. The summed E-state index contributed by atoms with van der Waals surface area (Å²) in [5.74, 6) is 1.06. The summed E-state index contributed by atoms with van der Waals surface area (Å²) in [6.07, 6.45) is -0.985. The zero-order valence-corrected chi connectivity index (χ0v) is 13.6. The lowest BCUT2D eigenvalue weighted by Crippen LogP contribution is -2.19. The topological polar surface area (TPSA) is 61.0 Å². The monoisotopic (exact) mass is 341 g/mol. The molecule has 8 heteroatoms. The van der Waals surface area contributed by atoms with Gasteiger partial charge in [-0.3, -0.25) is 4.98 Å². The fourth-order valence-corrected chi connectivity index (χ4v) is 2.19. The lowest BCUT2D eigenvalue weighted by atomic mass is 9.97. The van der Waals surface area contributed by atoms with Crippen molar-refractivity contribution in [1.29, 1.82) is 0 Å². The minimum Gasteiger partial charge on any atom is -0.484 e. The van der Waals surface area contributed by atoms with Gasteiger partial charge in [0, 0.05) is 23.2 Å². The molecule has 1 saturated carbocycles. The number of hydrogen-bond donors (Lipinski definition) is 0. The zero-order chi connectivity index (χ0) is 17.5. The molecule has 1 aliphatic rings. The maximum atomic E-state index is 12.5. The van der Waals surface area contributed by atoms with Crippen LogP contribution in [0.2, 0.25) is 0 Å². The first-order valence-electron chi connectivity index (χ1n) is 7.67. The third-order valence-electron chi connectivity index (χ3n) is 3.60. The largest absolute Gasteiger partial charge is 0.484 e. The van der Waals surface area contributed by atoms with E-state index < -0.39 is 12.8 Å². The second-order valence-corrected chi connectivity index (χ2v) is 6.96. The van der Waals surface area contributed by atoms with Crippen molar-refractivity contribution in [2.45, 2.75) is 51.1 Å². The molecule has 130 valence electrons. The maximum Gasteiger partial charge on any atom is 0.422 e. The van der Waals surface area contributed by atoms with Gasteiger partial charge in [-0.2, -0.15) is 18.2 Å². The quantitative estimate of drug-likeness (QED) is 0.832. The number of rotatable bonds is 4. The molecule has 0 bridgehead atoms. The molecular formula is C16H18F3N3O2. The second kappa shape index (κ2) is 5.75. The third-order valence-corrected chi connectivity index (χ3v) is 3.60. The van der Waals surface area contributed by atoms with Crippen LogP contribution < -0.4 is 4.74 Å². The van der Waals surface area contributed by atoms with Gasteiger partial charge >= 0.3 is 6.18 Å². The molecule has 0 aliphatic heterocycles. The summed E-state index contributed by atoms with van der Waals surface area (Å²) in [5, 5.41) is 3.87. The van der Waals surface area contributed by atoms with Crippen LogP contribution in [0.3, 0.4) is 0 Å². The summed E-state index contributed by atoms with van der Waals surface area (Å²) in [4.78, 5) is 8.54. The van der Waals surface area contributed by atoms with E-state index in [4.69, 9.17) is 9.26 Å². The average Bonchev–Trinajstić information content (AvgIpc) is 3.18. The molecule has 1 aliphatic carbocycles. The van der Waals surface area contributed by atoms with Crippen LogP contribution in [0.5, 0.6) is 5.75 Å². The van der Waals surface area contributed by atoms with Crippen LogP contribution >= 0.6 is 0 Å². The first kappa shape index (κ1) is 16.7. The summed E-state index contributed by atoms with van der Waals surface area (Å²) < 4.78 is 47.6. The Bertz CT molecular complexity index is 731. The van der Waals surface area contributed by atoms with Crippen molar-refractivity contribution in [1.82, 2.24) is 15.1 Å². The highest BCUT2D eigenvalue weighted by atomic mass is 19.4. The Labute approximate surface area is 137 Å². The van der Waals surface area contributed by atoms with Crippen LogP contribution in [0.4, 0.5) is 13.2 Å². The molecule has 0 spiro atoms. The molecule has 2 heterocycles. The van der Waals surface area contributed by atoms with Gasteiger partial charge in [-0.15, -0.1) is 0 Å². The minimum atomic E-state index is -4.39.